The Morgan fingerprint density at radius 3 is 2.61 bits per heavy atom. The number of benzene rings is 1. The summed E-state index contributed by atoms with van der Waals surface area (Å²) in [6.07, 6.45) is 0. The first-order valence-electron chi connectivity index (χ1n) is 5.75. The van der Waals surface area contributed by atoms with Gasteiger partial charge in [0, 0.05) is 5.56 Å². The minimum Gasteiger partial charge on any atom is -0.468 e. The molecule has 0 saturated carbocycles. The second-order valence-electron chi connectivity index (χ2n) is 4.21. The molecule has 0 amide bonds. The Bertz CT molecular complexity index is 454. The number of Topliss-reactive ketones (excluding diaryl/α,β-unsaturated/α-hetero) is 1. The lowest BCUT2D eigenvalue weighted by Crippen LogP contribution is -2.17. The molecule has 0 radical (unpaired) electrons. The van der Waals surface area contributed by atoms with Crippen LogP contribution in [0.5, 0.6) is 0 Å². The van der Waals surface area contributed by atoms with E-state index < -0.39 is 0 Å². The van der Waals surface area contributed by atoms with Gasteiger partial charge >= 0.3 is 5.97 Å². The Kier molecular flexibility index (Phi) is 5.41. The molecule has 0 saturated heterocycles. The van der Waals surface area contributed by atoms with Crippen molar-refractivity contribution in [1.82, 2.24) is 0 Å². The molecule has 0 N–H and O–H groups in total. The van der Waals surface area contributed by atoms with Crippen LogP contribution in [0.25, 0.3) is 0 Å². The molecule has 1 aromatic rings. The Morgan fingerprint density at radius 2 is 2.00 bits per heavy atom. The van der Waals surface area contributed by atoms with Crippen LogP contribution in [0, 0.1) is 13.8 Å². The van der Waals surface area contributed by atoms with E-state index in [-0.39, 0.29) is 22.8 Å². The van der Waals surface area contributed by atoms with Crippen molar-refractivity contribution in [2.24, 2.45) is 0 Å². The van der Waals surface area contributed by atoms with Crippen molar-refractivity contribution in [2.45, 2.75) is 26.0 Å². The molecule has 18 heavy (non-hydrogen) atoms. The van der Waals surface area contributed by atoms with Crippen LogP contribution in [0.15, 0.2) is 18.2 Å². The minimum atomic E-state index is -0.305. The minimum absolute atomic E-state index is 0.0603. The van der Waals surface area contributed by atoms with Gasteiger partial charge in [-0.3, -0.25) is 9.59 Å². The number of methoxy groups -OCH3 is 1. The molecule has 0 heterocycles. The predicted octanol–water partition coefficient (Wildman–Crippen LogP) is 2.78. The molecule has 1 rings (SSSR count). The summed E-state index contributed by atoms with van der Waals surface area (Å²) in [5, 5.41) is -0.246. The van der Waals surface area contributed by atoms with Gasteiger partial charge in [0.15, 0.2) is 5.78 Å². The molecule has 1 unspecified atom stereocenters. The Hall–Kier alpha value is -1.29. The number of hydrogen-bond donors (Lipinski definition) is 0. The van der Waals surface area contributed by atoms with Gasteiger partial charge in [0.25, 0.3) is 0 Å². The molecule has 4 heteroatoms. The van der Waals surface area contributed by atoms with Gasteiger partial charge in [0.05, 0.1) is 18.1 Å². The number of esters is 1. The molecule has 0 spiro atoms. The summed E-state index contributed by atoms with van der Waals surface area (Å²) >= 11 is 1.30. The van der Waals surface area contributed by atoms with Gasteiger partial charge in [0.1, 0.15) is 0 Å². The highest BCUT2D eigenvalue weighted by Crippen LogP contribution is 2.19. The molecule has 0 aliphatic heterocycles. The van der Waals surface area contributed by atoms with E-state index in [4.69, 9.17) is 0 Å². The molecular formula is C14H18O3S. The van der Waals surface area contributed by atoms with Crippen LogP contribution in [0.2, 0.25) is 0 Å². The zero-order valence-electron chi connectivity index (χ0n) is 11.1. The molecule has 98 valence electrons. The molecule has 3 nitrogen and oxygen atoms in total. The van der Waals surface area contributed by atoms with E-state index >= 15 is 0 Å². The first-order valence-corrected chi connectivity index (χ1v) is 6.80. The van der Waals surface area contributed by atoms with Crippen LogP contribution in [0.3, 0.4) is 0 Å². The second-order valence-corrected chi connectivity index (χ2v) is 5.54. The summed E-state index contributed by atoms with van der Waals surface area (Å²) < 4.78 is 4.56. The third kappa shape index (κ3) is 3.88. The van der Waals surface area contributed by atoms with Crippen molar-refractivity contribution >= 4 is 23.5 Å². The number of carbonyl (C=O) groups is 2. The van der Waals surface area contributed by atoms with E-state index in [0.29, 0.717) is 0 Å². The van der Waals surface area contributed by atoms with E-state index in [1.807, 2.05) is 39.0 Å². The van der Waals surface area contributed by atoms with Crippen molar-refractivity contribution in [1.29, 1.82) is 0 Å². The lowest BCUT2D eigenvalue weighted by Gasteiger charge is -2.12. The number of aryl methyl sites for hydroxylation is 2. The number of ether oxygens (including phenoxy) is 1. The molecule has 0 aliphatic rings. The quantitative estimate of drug-likeness (QED) is 0.607. The summed E-state index contributed by atoms with van der Waals surface area (Å²) in [6, 6.07) is 5.82. The number of thioether (sulfide) groups is 1. The highest BCUT2D eigenvalue weighted by Gasteiger charge is 2.18. The van der Waals surface area contributed by atoms with Crippen LogP contribution in [-0.4, -0.2) is 29.9 Å². The standard InChI is InChI=1S/C14H18O3S/c1-9-5-6-10(2)12(7-9)14(16)11(3)18-8-13(15)17-4/h5-7,11H,8H2,1-4H3. The fraction of sp³-hybridized carbons (Fsp3) is 0.429. The number of hydrogen-bond acceptors (Lipinski definition) is 4. The van der Waals surface area contributed by atoms with Gasteiger partial charge in [-0.1, -0.05) is 17.7 Å². The molecule has 1 aromatic carbocycles. The molecular weight excluding hydrogens is 248 g/mol. The maximum absolute atomic E-state index is 12.2. The van der Waals surface area contributed by atoms with E-state index in [0.717, 1.165) is 16.7 Å². The van der Waals surface area contributed by atoms with Crippen LogP contribution in [-0.2, 0) is 9.53 Å². The molecule has 0 aromatic heterocycles. The maximum atomic E-state index is 12.2. The van der Waals surface area contributed by atoms with Crippen molar-refractivity contribution in [3.8, 4) is 0 Å². The van der Waals surface area contributed by atoms with Gasteiger partial charge in [0.2, 0.25) is 0 Å². The van der Waals surface area contributed by atoms with E-state index in [9.17, 15) is 9.59 Å². The highest BCUT2D eigenvalue weighted by atomic mass is 32.2. The zero-order valence-corrected chi connectivity index (χ0v) is 12.0. The van der Waals surface area contributed by atoms with Crippen LogP contribution in [0.4, 0.5) is 0 Å². The number of ketones is 1. The molecule has 0 fully saturated rings. The SMILES string of the molecule is COC(=O)CSC(C)C(=O)c1cc(C)ccc1C. The first kappa shape index (κ1) is 14.8. The van der Waals surface area contributed by atoms with E-state index in [1.54, 1.807) is 0 Å². The number of rotatable bonds is 5. The van der Waals surface area contributed by atoms with E-state index in [2.05, 4.69) is 4.74 Å². The normalized spacial score (nSPS) is 12.0. The van der Waals surface area contributed by atoms with Gasteiger partial charge in [-0.25, -0.2) is 0 Å². The molecule has 1 atom stereocenters. The smallest absolute Gasteiger partial charge is 0.315 e. The Labute approximate surface area is 112 Å². The fourth-order valence-corrected chi connectivity index (χ4v) is 2.33. The molecule has 0 aliphatic carbocycles. The average Bonchev–Trinajstić information content (AvgIpc) is 2.37. The maximum Gasteiger partial charge on any atom is 0.315 e. The van der Waals surface area contributed by atoms with Gasteiger partial charge in [-0.2, -0.15) is 0 Å². The molecule has 0 bridgehead atoms. The third-order valence-electron chi connectivity index (χ3n) is 2.71. The van der Waals surface area contributed by atoms with Crippen LogP contribution < -0.4 is 0 Å². The summed E-state index contributed by atoms with van der Waals surface area (Å²) in [4.78, 5) is 23.3. The van der Waals surface area contributed by atoms with Crippen LogP contribution >= 0.6 is 11.8 Å². The van der Waals surface area contributed by atoms with Gasteiger partial charge in [-0.05, 0) is 32.4 Å². The largest absolute Gasteiger partial charge is 0.468 e. The second kappa shape index (κ2) is 6.59. The predicted molar refractivity (Wildman–Crippen MR) is 74.2 cm³/mol. The Balaban J connectivity index is 2.74. The monoisotopic (exact) mass is 266 g/mol. The van der Waals surface area contributed by atoms with Crippen molar-refractivity contribution in [3.05, 3.63) is 34.9 Å². The first-order chi connectivity index (χ1) is 8.45. The summed E-state index contributed by atoms with van der Waals surface area (Å²) in [5.74, 6) is -0.0421. The topological polar surface area (TPSA) is 43.4 Å². The van der Waals surface area contributed by atoms with Gasteiger partial charge < -0.3 is 4.74 Å². The van der Waals surface area contributed by atoms with Crippen LogP contribution in [0.1, 0.15) is 28.4 Å². The Morgan fingerprint density at radius 1 is 1.33 bits per heavy atom. The fourth-order valence-electron chi connectivity index (χ4n) is 1.55. The average molecular weight is 266 g/mol. The zero-order chi connectivity index (χ0) is 13.7. The summed E-state index contributed by atoms with van der Waals surface area (Å²) in [6.45, 7) is 5.70. The van der Waals surface area contributed by atoms with Crippen molar-refractivity contribution < 1.29 is 14.3 Å². The number of carbonyl (C=O) groups excluding carboxylic acids is 2. The third-order valence-corrected chi connectivity index (χ3v) is 3.82. The summed E-state index contributed by atoms with van der Waals surface area (Å²) in [7, 11) is 1.35. The van der Waals surface area contributed by atoms with Crippen molar-refractivity contribution in [2.75, 3.05) is 12.9 Å². The lowest BCUT2D eigenvalue weighted by molar-refractivity contribution is -0.137. The van der Waals surface area contributed by atoms with Crippen molar-refractivity contribution in [3.63, 3.8) is 0 Å². The summed E-state index contributed by atoms with van der Waals surface area (Å²) in [5.41, 5.74) is 2.77. The van der Waals surface area contributed by atoms with E-state index in [1.165, 1.54) is 18.9 Å². The highest BCUT2D eigenvalue weighted by molar-refractivity contribution is 8.01. The van der Waals surface area contributed by atoms with Gasteiger partial charge in [-0.15, -0.1) is 11.8 Å². The lowest BCUT2D eigenvalue weighted by atomic mass is 10.0.